The van der Waals surface area contributed by atoms with E-state index >= 15 is 0 Å². The number of thiazole rings is 1. The van der Waals surface area contributed by atoms with Crippen LogP contribution >= 0.6 is 11.3 Å². The number of fused-ring (bicyclic) bond motifs is 1. The van der Waals surface area contributed by atoms with Crippen LogP contribution in [0.3, 0.4) is 0 Å². The summed E-state index contributed by atoms with van der Waals surface area (Å²) in [5.41, 5.74) is 1.11. The van der Waals surface area contributed by atoms with E-state index < -0.39 is 0 Å². The van der Waals surface area contributed by atoms with Crippen molar-refractivity contribution < 1.29 is 0 Å². The van der Waals surface area contributed by atoms with Crippen LogP contribution in [-0.4, -0.2) is 36.6 Å². The fraction of sp³-hybridized carbons (Fsp3) is 0.588. The minimum absolute atomic E-state index is 0.303. The van der Waals surface area contributed by atoms with Crippen molar-refractivity contribution in [2.24, 2.45) is 5.92 Å². The normalized spacial score (nSPS) is 15.0. The zero-order valence-corrected chi connectivity index (χ0v) is 14.6. The van der Waals surface area contributed by atoms with Crippen molar-refractivity contribution in [3.63, 3.8) is 0 Å². The number of aromatic nitrogens is 1. The third-order valence-corrected chi connectivity index (χ3v) is 5.03. The van der Waals surface area contributed by atoms with E-state index in [4.69, 9.17) is 4.98 Å². The van der Waals surface area contributed by atoms with Gasteiger partial charge in [-0.2, -0.15) is 0 Å². The quantitative estimate of drug-likeness (QED) is 0.840. The van der Waals surface area contributed by atoms with Gasteiger partial charge in [-0.25, -0.2) is 4.98 Å². The van der Waals surface area contributed by atoms with Crippen molar-refractivity contribution >= 4 is 21.6 Å². The number of hydrogen-bond acceptors (Lipinski definition) is 4. The average molecular weight is 305 g/mol. The van der Waals surface area contributed by atoms with Gasteiger partial charge in [-0.1, -0.05) is 26.0 Å². The molecule has 2 aromatic rings. The van der Waals surface area contributed by atoms with E-state index in [1.54, 1.807) is 11.3 Å². The number of benzene rings is 1. The summed E-state index contributed by atoms with van der Waals surface area (Å²) >= 11 is 1.79. The Hall–Kier alpha value is -0.970. The Morgan fingerprint density at radius 1 is 1.19 bits per heavy atom. The third kappa shape index (κ3) is 4.50. The highest BCUT2D eigenvalue weighted by atomic mass is 32.1. The molecule has 2 rings (SSSR count). The molecule has 0 amide bonds. The molecule has 0 saturated heterocycles. The summed E-state index contributed by atoms with van der Waals surface area (Å²) in [6.45, 7) is 7.78. The van der Waals surface area contributed by atoms with Crippen LogP contribution < -0.4 is 5.32 Å². The average Bonchev–Trinajstić information content (AvgIpc) is 2.86. The lowest BCUT2D eigenvalue weighted by molar-refractivity contribution is 0.242. The summed E-state index contributed by atoms with van der Waals surface area (Å²) in [5.74, 6) is 0.719. The van der Waals surface area contributed by atoms with E-state index in [0.717, 1.165) is 18.0 Å². The van der Waals surface area contributed by atoms with Crippen LogP contribution in [0.2, 0.25) is 0 Å². The minimum Gasteiger partial charge on any atom is -0.307 e. The lowest BCUT2D eigenvalue weighted by Gasteiger charge is -2.27. The topological polar surface area (TPSA) is 28.2 Å². The van der Waals surface area contributed by atoms with Gasteiger partial charge in [0.05, 0.1) is 16.3 Å². The van der Waals surface area contributed by atoms with Crippen molar-refractivity contribution in [3.8, 4) is 0 Å². The molecule has 1 heterocycles. The largest absolute Gasteiger partial charge is 0.307 e. The molecule has 0 bridgehead atoms. The molecule has 1 N–H and O–H groups in total. The first kappa shape index (κ1) is 16.4. The Kier molecular flexibility index (Phi) is 5.73. The molecule has 21 heavy (non-hydrogen) atoms. The Balaban J connectivity index is 1.98. The molecule has 0 fully saturated rings. The molecule has 116 valence electrons. The molecule has 0 aliphatic heterocycles. The molecule has 0 spiro atoms. The molecule has 3 nitrogen and oxygen atoms in total. The van der Waals surface area contributed by atoms with E-state index in [1.165, 1.54) is 16.1 Å². The predicted molar refractivity (Wildman–Crippen MR) is 93.0 cm³/mol. The molecule has 4 heteroatoms. The summed E-state index contributed by atoms with van der Waals surface area (Å²) in [4.78, 5) is 7.06. The zero-order chi connectivity index (χ0) is 15.4. The fourth-order valence-electron chi connectivity index (χ4n) is 2.50. The molecule has 0 radical (unpaired) electrons. The summed E-state index contributed by atoms with van der Waals surface area (Å²) in [6, 6.07) is 9.23. The molecule has 0 saturated carbocycles. The van der Waals surface area contributed by atoms with Crippen molar-refractivity contribution in [1.29, 1.82) is 0 Å². The van der Waals surface area contributed by atoms with Crippen LogP contribution in [0.4, 0.5) is 0 Å². The van der Waals surface area contributed by atoms with Gasteiger partial charge in [0.1, 0.15) is 5.01 Å². The van der Waals surface area contributed by atoms with Crippen molar-refractivity contribution in [2.45, 2.75) is 39.3 Å². The van der Waals surface area contributed by atoms with Crippen LogP contribution in [0.25, 0.3) is 10.2 Å². The van der Waals surface area contributed by atoms with Crippen LogP contribution in [0.15, 0.2) is 24.3 Å². The van der Waals surface area contributed by atoms with E-state index in [9.17, 15) is 0 Å². The highest BCUT2D eigenvalue weighted by Gasteiger charge is 2.16. The van der Waals surface area contributed by atoms with Crippen molar-refractivity contribution in [3.05, 3.63) is 29.3 Å². The van der Waals surface area contributed by atoms with Gasteiger partial charge in [0.25, 0.3) is 0 Å². The van der Waals surface area contributed by atoms with Crippen LogP contribution in [0, 0.1) is 5.92 Å². The minimum atomic E-state index is 0.303. The van der Waals surface area contributed by atoms with Gasteiger partial charge in [0.2, 0.25) is 0 Å². The molecule has 2 unspecified atom stereocenters. The summed E-state index contributed by atoms with van der Waals surface area (Å²) in [5, 5.41) is 4.83. The highest BCUT2D eigenvalue weighted by Crippen LogP contribution is 2.26. The zero-order valence-electron chi connectivity index (χ0n) is 13.8. The van der Waals surface area contributed by atoms with Crippen LogP contribution in [0.1, 0.15) is 38.2 Å². The van der Waals surface area contributed by atoms with Gasteiger partial charge in [-0.15, -0.1) is 11.3 Å². The molecule has 0 aliphatic carbocycles. The van der Waals surface area contributed by atoms with Gasteiger partial charge in [0.15, 0.2) is 0 Å². The highest BCUT2D eigenvalue weighted by molar-refractivity contribution is 7.18. The first-order chi connectivity index (χ1) is 9.97. The van der Waals surface area contributed by atoms with E-state index in [-0.39, 0.29) is 0 Å². The second-order valence-corrected chi connectivity index (χ2v) is 7.46. The van der Waals surface area contributed by atoms with Gasteiger partial charge in [-0.05, 0) is 45.5 Å². The van der Waals surface area contributed by atoms with Crippen LogP contribution in [0.5, 0.6) is 0 Å². The Morgan fingerprint density at radius 2 is 1.90 bits per heavy atom. The number of para-hydroxylation sites is 1. The maximum Gasteiger partial charge on any atom is 0.111 e. The van der Waals surface area contributed by atoms with Gasteiger partial charge < -0.3 is 10.2 Å². The number of rotatable bonds is 7. The van der Waals surface area contributed by atoms with E-state index in [2.05, 4.69) is 69.3 Å². The third-order valence-electron chi connectivity index (χ3n) is 3.81. The Labute approximate surface area is 132 Å². The first-order valence-electron chi connectivity index (χ1n) is 7.72. The first-order valence-corrected chi connectivity index (χ1v) is 8.54. The second-order valence-electron chi connectivity index (χ2n) is 6.40. The molecule has 1 aromatic carbocycles. The molecule has 2 atom stereocenters. The number of likely N-dealkylation sites (N-methyl/N-ethyl adjacent to an activating group) is 1. The molecular formula is C17H27N3S. The number of nitrogens with one attached hydrogen (secondary N) is 1. The molecule has 0 aliphatic rings. The lowest BCUT2D eigenvalue weighted by atomic mass is 10.0. The second kappa shape index (κ2) is 7.34. The molecular weight excluding hydrogens is 278 g/mol. The Morgan fingerprint density at radius 3 is 2.52 bits per heavy atom. The van der Waals surface area contributed by atoms with Gasteiger partial charge in [-0.3, -0.25) is 0 Å². The summed E-state index contributed by atoms with van der Waals surface area (Å²) in [6.07, 6.45) is 1.21. The monoisotopic (exact) mass is 305 g/mol. The maximum atomic E-state index is 4.74. The maximum absolute atomic E-state index is 4.74. The standard InChI is InChI=1S/C17H27N3S/c1-12(2)10-14(20(4)5)11-18-13(3)17-19-15-8-6-7-9-16(15)21-17/h6-9,12-14,18H,10-11H2,1-5H3. The Bertz CT molecular complexity index is 529. The number of hydrogen-bond donors (Lipinski definition) is 1. The summed E-state index contributed by atoms with van der Waals surface area (Å²) < 4.78 is 1.27. The SMILES string of the molecule is CC(C)CC(CNC(C)c1nc2ccccc2s1)N(C)C. The smallest absolute Gasteiger partial charge is 0.111 e. The molecule has 1 aromatic heterocycles. The van der Waals surface area contributed by atoms with Gasteiger partial charge in [0, 0.05) is 12.6 Å². The van der Waals surface area contributed by atoms with Crippen LogP contribution in [-0.2, 0) is 0 Å². The van der Waals surface area contributed by atoms with E-state index in [1.807, 2.05) is 0 Å². The summed E-state index contributed by atoms with van der Waals surface area (Å²) in [7, 11) is 4.33. The predicted octanol–water partition coefficient (Wildman–Crippen LogP) is 3.92. The van der Waals surface area contributed by atoms with Gasteiger partial charge >= 0.3 is 0 Å². The van der Waals surface area contributed by atoms with Crippen molar-refractivity contribution in [1.82, 2.24) is 15.2 Å². The lowest BCUT2D eigenvalue weighted by Crippen LogP contribution is -2.39. The number of nitrogens with zero attached hydrogens (tertiary/aromatic N) is 2. The van der Waals surface area contributed by atoms with E-state index in [0.29, 0.717) is 12.1 Å². The van der Waals surface area contributed by atoms with Crippen molar-refractivity contribution in [2.75, 3.05) is 20.6 Å². The fourth-order valence-corrected chi connectivity index (χ4v) is 3.49.